The maximum atomic E-state index is 12.3. The average molecular weight is 373 g/mol. The van der Waals surface area contributed by atoms with Crippen LogP contribution >= 0.6 is 11.6 Å². The molecule has 0 spiro atoms. The molecule has 6 heteroatoms. The fourth-order valence-electron chi connectivity index (χ4n) is 3.43. The first-order chi connectivity index (χ1) is 12.5. The van der Waals surface area contributed by atoms with Crippen molar-refractivity contribution in [2.24, 2.45) is 0 Å². The van der Waals surface area contributed by atoms with Crippen LogP contribution in [0.1, 0.15) is 18.4 Å². The van der Waals surface area contributed by atoms with Gasteiger partial charge in [0.15, 0.2) is 0 Å². The fourth-order valence-corrected chi connectivity index (χ4v) is 3.61. The van der Waals surface area contributed by atoms with Crippen molar-refractivity contribution in [3.63, 3.8) is 0 Å². The first kappa shape index (κ1) is 18.4. The van der Waals surface area contributed by atoms with Gasteiger partial charge in [-0.25, -0.2) is 0 Å². The first-order valence-electron chi connectivity index (χ1n) is 8.57. The van der Waals surface area contributed by atoms with E-state index in [0.29, 0.717) is 36.6 Å². The number of amides is 1. The molecule has 136 valence electrons. The SMILES string of the molecule is O=C(CN1CCC(C(=O)O)(c2ccccc2)CC1)Nc1ccccc1Cl. The summed E-state index contributed by atoms with van der Waals surface area (Å²) >= 11 is 6.06. The highest BCUT2D eigenvalue weighted by Gasteiger charge is 2.43. The van der Waals surface area contributed by atoms with Crippen molar-refractivity contribution in [1.82, 2.24) is 4.90 Å². The number of halogens is 1. The second-order valence-electron chi connectivity index (χ2n) is 6.56. The van der Waals surface area contributed by atoms with Crippen molar-refractivity contribution in [3.05, 3.63) is 65.2 Å². The van der Waals surface area contributed by atoms with Crippen LogP contribution in [0, 0.1) is 0 Å². The number of aliphatic carboxylic acids is 1. The lowest BCUT2D eigenvalue weighted by atomic mass is 9.73. The second-order valence-corrected chi connectivity index (χ2v) is 6.96. The van der Waals surface area contributed by atoms with Gasteiger partial charge in [0.2, 0.25) is 5.91 Å². The minimum absolute atomic E-state index is 0.152. The Morgan fingerprint density at radius 1 is 1.04 bits per heavy atom. The number of para-hydroxylation sites is 1. The number of rotatable bonds is 5. The second kappa shape index (κ2) is 7.89. The van der Waals surface area contributed by atoms with E-state index in [0.717, 1.165) is 5.56 Å². The van der Waals surface area contributed by atoms with Gasteiger partial charge in [-0.15, -0.1) is 0 Å². The van der Waals surface area contributed by atoms with Crippen LogP contribution in [0.4, 0.5) is 5.69 Å². The van der Waals surface area contributed by atoms with E-state index in [-0.39, 0.29) is 12.5 Å². The number of hydrogen-bond donors (Lipinski definition) is 2. The van der Waals surface area contributed by atoms with Gasteiger partial charge in [0.25, 0.3) is 0 Å². The molecule has 1 aliphatic heterocycles. The van der Waals surface area contributed by atoms with Gasteiger partial charge in [0.1, 0.15) is 0 Å². The molecule has 5 nitrogen and oxygen atoms in total. The zero-order chi connectivity index (χ0) is 18.6. The van der Waals surface area contributed by atoms with Crippen LogP contribution in [-0.4, -0.2) is 41.5 Å². The summed E-state index contributed by atoms with van der Waals surface area (Å²) in [7, 11) is 0. The van der Waals surface area contributed by atoms with Crippen molar-refractivity contribution in [3.8, 4) is 0 Å². The topological polar surface area (TPSA) is 69.6 Å². The van der Waals surface area contributed by atoms with Crippen LogP contribution in [0.15, 0.2) is 54.6 Å². The van der Waals surface area contributed by atoms with E-state index in [1.807, 2.05) is 41.3 Å². The van der Waals surface area contributed by atoms with Crippen LogP contribution in [-0.2, 0) is 15.0 Å². The maximum Gasteiger partial charge on any atom is 0.314 e. The molecule has 0 saturated carbocycles. The third-order valence-corrected chi connectivity index (χ3v) is 5.29. The molecule has 2 aromatic carbocycles. The lowest BCUT2D eigenvalue weighted by molar-refractivity contribution is -0.146. The molecular weight excluding hydrogens is 352 g/mol. The van der Waals surface area contributed by atoms with E-state index in [9.17, 15) is 14.7 Å². The number of nitrogens with one attached hydrogen (secondary N) is 1. The third kappa shape index (κ3) is 3.89. The van der Waals surface area contributed by atoms with Gasteiger partial charge in [-0.1, -0.05) is 54.1 Å². The Morgan fingerprint density at radius 3 is 2.27 bits per heavy atom. The smallest absolute Gasteiger partial charge is 0.314 e. The molecule has 1 fully saturated rings. The van der Waals surface area contributed by atoms with Gasteiger partial charge in [-0.05, 0) is 30.5 Å². The monoisotopic (exact) mass is 372 g/mol. The Morgan fingerprint density at radius 2 is 1.65 bits per heavy atom. The number of benzene rings is 2. The quantitative estimate of drug-likeness (QED) is 0.844. The third-order valence-electron chi connectivity index (χ3n) is 4.96. The van der Waals surface area contributed by atoms with Crippen LogP contribution in [0.2, 0.25) is 5.02 Å². The number of carboxylic acids is 1. The molecule has 1 saturated heterocycles. The van der Waals surface area contributed by atoms with E-state index in [1.54, 1.807) is 18.2 Å². The number of anilines is 1. The average Bonchev–Trinajstić information content (AvgIpc) is 2.65. The number of carbonyl (C=O) groups excluding carboxylic acids is 1. The molecule has 1 amide bonds. The lowest BCUT2D eigenvalue weighted by Gasteiger charge is -2.39. The van der Waals surface area contributed by atoms with Gasteiger partial charge >= 0.3 is 5.97 Å². The Hall–Kier alpha value is -2.37. The van der Waals surface area contributed by atoms with E-state index in [1.165, 1.54) is 0 Å². The number of piperidine rings is 1. The fraction of sp³-hybridized carbons (Fsp3) is 0.300. The van der Waals surface area contributed by atoms with Crippen molar-refractivity contribution in [2.75, 3.05) is 25.0 Å². The summed E-state index contributed by atoms with van der Waals surface area (Å²) in [5, 5.41) is 13.1. The molecular formula is C20H21ClN2O3. The van der Waals surface area contributed by atoms with E-state index in [4.69, 9.17) is 11.6 Å². The zero-order valence-corrected chi connectivity index (χ0v) is 15.1. The molecule has 0 radical (unpaired) electrons. The molecule has 2 aromatic rings. The molecule has 3 rings (SSSR count). The first-order valence-corrected chi connectivity index (χ1v) is 8.95. The minimum Gasteiger partial charge on any atom is -0.481 e. The highest BCUT2D eigenvalue weighted by atomic mass is 35.5. The Bertz CT molecular complexity index is 787. The summed E-state index contributed by atoms with van der Waals surface area (Å²) in [5.41, 5.74) is 0.532. The molecule has 0 bridgehead atoms. The van der Waals surface area contributed by atoms with E-state index >= 15 is 0 Å². The molecule has 26 heavy (non-hydrogen) atoms. The van der Waals surface area contributed by atoms with Crippen molar-refractivity contribution in [2.45, 2.75) is 18.3 Å². The highest BCUT2D eigenvalue weighted by molar-refractivity contribution is 6.33. The van der Waals surface area contributed by atoms with Gasteiger partial charge < -0.3 is 10.4 Å². The predicted molar refractivity (Wildman–Crippen MR) is 102 cm³/mol. The van der Waals surface area contributed by atoms with Crippen molar-refractivity contribution >= 4 is 29.2 Å². The number of nitrogens with zero attached hydrogens (tertiary/aromatic N) is 1. The van der Waals surface area contributed by atoms with Crippen molar-refractivity contribution < 1.29 is 14.7 Å². The van der Waals surface area contributed by atoms with Crippen LogP contribution in [0.3, 0.4) is 0 Å². The molecule has 2 N–H and O–H groups in total. The van der Waals surface area contributed by atoms with Gasteiger partial charge in [0.05, 0.1) is 22.7 Å². The Balaban J connectivity index is 1.62. The summed E-state index contributed by atoms with van der Waals surface area (Å²) in [6.45, 7) is 1.32. The molecule has 0 unspecified atom stereocenters. The number of carbonyl (C=O) groups is 2. The number of hydrogen-bond acceptors (Lipinski definition) is 3. The molecule has 1 heterocycles. The Kier molecular flexibility index (Phi) is 5.59. The molecule has 0 atom stereocenters. The van der Waals surface area contributed by atoms with Crippen molar-refractivity contribution in [1.29, 1.82) is 0 Å². The summed E-state index contributed by atoms with van der Waals surface area (Å²) < 4.78 is 0. The number of carboxylic acid groups (broad SMARTS) is 1. The minimum atomic E-state index is -0.878. The normalized spacial score (nSPS) is 16.8. The highest BCUT2D eigenvalue weighted by Crippen LogP contribution is 2.35. The number of likely N-dealkylation sites (tertiary alicyclic amines) is 1. The zero-order valence-electron chi connectivity index (χ0n) is 14.3. The molecule has 1 aliphatic rings. The van der Waals surface area contributed by atoms with Gasteiger partial charge in [0, 0.05) is 13.1 Å². The molecule has 0 aliphatic carbocycles. The summed E-state index contributed by atoms with van der Waals surface area (Å²) in [6.07, 6.45) is 0.956. The maximum absolute atomic E-state index is 12.3. The van der Waals surface area contributed by atoms with Crippen LogP contribution in [0.5, 0.6) is 0 Å². The van der Waals surface area contributed by atoms with Gasteiger partial charge in [-0.2, -0.15) is 0 Å². The van der Waals surface area contributed by atoms with Crippen LogP contribution < -0.4 is 5.32 Å². The standard InChI is InChI=1S/C20H21ClN2O3/c21-16-8-4-5-9-17(16)22-18(24)14-23-12-10-20(11-13-23,19(25)26)15-6-2-1-3-7-15/h1-9H,10-14H2,(H,22,24)(H,25,26). The summed E-state index contributed by atoms with van der Waals surface area (Å²) in [6, 6.07) is 16.4. The van der Waals surface area contributed by atoms with Crippen LogP contribution in [0.25, 0.3) is 0 Å². The summed E-state index contributed by atoms with van der Waals surface area (Å²) in [4.78, 5) is 26.2. The Labute approximate surface area is 157 Å². The molecule has 0 aromatic heterocycles. The van der Waals surface area contributed by atoms with Gasteiger partial charge in [-0.3, -0.25) is 14.5 Å². The largest absolute Gasteiger partial charge is 0.481 e. The summed E-state index contributed by atoms with van der Waals surface area (Å²) in [5.74, 6) is -0.954. The van der Waals surface area contributed by atoms with E-state index in [2.05, 4.69) is 5.32 Å². The predicted octanol–water partition coefficient (Wildman–Crippen LogP) is 3.40. The van der Waals surface area contributed by atoms with E-state index < -0.39 is 11.4 Å². The lowest BCUT2D eigenvalue weighted by Crippen LogP contribution is -2.49.